The summed E-state index contributed by atoms with van der Waals surface area (Å²) < 4.78 is 22.8. The van der Waals surface area contributed by atoms with Crippen molar-refractivity contribution in [1.82, 2.24) is 5.32 Å². The standard InChI is InChI=1S/C70H125NO13/c1-3-5-7-9-11-13-15-17-19-20-21-22-23-24-25-26-27-28-29-30-31-32-33-34-35-36-37-38-40-42-44-46-48-50-52-54-62(75)71-58(59(74)53-51-49-47-45-43-41-39-18-16-14-12-10-8-6-4-2)57-81-69-67(80)65(78)68(61(56-73)83-69)84-70-66(79)64(77)63(76)60(55-72)82-70/h5,7,11,13,17,19,21-22,24-25,51,53,58-61,63-70,72-74,76-80H,3-4,6,8-10,12,14-16,18,20,23,26-50,52,54-57H2,1-2H3,(H,71,75)/b7-5-,13-11-,19-17-,22-21-,25-24-,53-51+. The Morgan fingerprint density at radius 1 is 0.440 bits per heavy atom. The van der Waals surface area contributed by atoms with Crippen molar-refractivity contribution in [3.8, 4) is 0 Å². The molecule has 12 unspecified atom stereocenters. The number of allylic oxidation sites excluding steroid dienone is 11. The van der Waals surface area contributed by atoms with Crippen LogP contribution in [0.5, 0.6) is 0 Å². The molecular formula is C70H125NO13. The second-order valence-corrected chi connectivity index (χ2v) is 23.9. The Hall–Kier alpha value is -2.57. The van der Waals surface area contributed by atoms with Crippen molar-refractivity contribution in [3.63, 3.8) is 0 Å². The van der Waals surface area contributed by atoms with Gasteiger partial charge in [0.15, 0.2) is 12.6 Å². The third-order valence-corrected chi connectivity index (χ3v) is 16.4. The fourth-order valence-corrected chi connectivity index (χ4v) is 11.0. The number of nitrogens with one attached hydrogen (secondary N) is 1. The van der Waals surface area contributed by atoms with Crippen molar-refractivity contribution in [1.29, 1.82) is 0 Å². The molecule has 14 heteroatoms. The number of rotatable bonds is 55. The third-order valence-electron chi connectivity index (χ3n) is 16.4. The first-order chi connectivity index (χ1) is 41.1. The third kappa shape index (κ3) is 38.7. The normalized spacial score (nSPS) is 24.1. The molecule has 2 saturated heterocycles. The van der Waals surface area contributed by atoms with E-state index in [1.807, 2.05) is 6.08 Å². The quantitative estimate of drug-likeness (QED) is 0.0204. The molecule has 0 saturated carbocycles. The number of amides is 1. The molecule has 14 nitrogen and oxygen atoms in total. The van der Waals surface area contributed by atoms with Crippen LogP contribution in [0.15, 0.2) is 72.9 Å². The molecule has 488 valence electrons. The van der Waals surface area contributed by atoms with Crippen LogP contribution >= 0.6 is 0 Å². The molecule has 2 aliphatic heterocycles. The Kier molecular flexibility index (Phi) is 50.4. The van der Waals surface area contributed by atoms with E-state index in [1.54, 1.807) is 6.08 Å². The van der Waals surface area contributed by atoms with Crippen LogP contribution in [0.25, 0.3) is 0 Å². The molecule has 12 atom stereocenters. The van der Waals surface area contributed by atoms with E-state index in [0.29, 0.717) is 6.42 Å². The maximum Gasteiger partial charge on any atom is 0.220 e. The van der Waals surface area contributed by atoms with Gasteiger partial charge in [0.25, 0.3) is 0 Å². The highest BCUT2D eigenvalue weighted by molar-refractivity contribution is 5.76. The Morgan fingerprint density at radius 3 is 1.26 bits per heavy atom. The van der Waals surface area contributed by atoms with E-state index in [-0.39, 0.29) is 18.9 Å². The molecule has 0 aromatic heterocycles. The maximum atomic E-state index is 13.3. The van der Waals surface area contributed by atoms with E-state index in [0.717, 1.165) is 70.6 Å². The average Bonchev–Trinajstić information content (AvgIpc) is 3.23. The second kappa shape index (κ2) is 54.6. The monoisotopic (exact) mass is 1190 g/mol. The zero-order chi connectivity index (χ0) is 60.9. The Labute approximate surface area is 510 Å². The molecule has 9 N–H and O–H groups in total. The molecule has 2 fully saturated rings. The highest BCUT2D eigenvalue weighted by Crippen LogP contribution is 2.30. The van der Waals surface area contributed by atoms with Crippen molar-refractivity contribution < 1.29 is 64.6 Å². The second-order valence-electron chi connectivity index (χ2n) is 23.9. The molecule has 2 rings (SSSR count). The molecule has 1 amide bonds. The van der Waals surface area contributed by atoms with Gasteiger partial charge in [0.2, 0.25) is 5.91 Å². The van der Waals surface area contributed by atoms with E-state index in [4.69, 9.17) is 18.9 Å². The van der Waals surface area contributed by atoms with Crippen LogP contribution in [0.3, 0.4) is 0 Å². The molecule has 0 spiro atoms. The minimum Gasteiger partial charge on any atom is -0.394 e. The lowest BCUT2D eigenvalue weighted by Crippen LogP contribution is -2.65. The van der Waals surface area contributed by atoms with Crippen molar-refractivity contribution in [2.45, 2.75) is 344 Å². The van der Waals surface area contributed by atoms with E-state index < -0.39 is 86.8 Å². The first-order valence-corrected chi connectivity index (χ1v) is 34.2. The molecule has 0 aromatic rings. The highest BCUT2D eigenvalue weighted by atomic mass is 16.7. The molecule has 84 heavy (non-hydrogen) atoms. The van der Waals surface area contributed by atoms with Gasteiger partial charge in [0.05, 0.1) is 32.0 Å². The van der Waals surface area contributed by atoms with Gasteiger partial charge in [0.1, 0.15) is 48.8 Å². The van der Waals surface area contributed by atoms with Crippen LogP contribution < -0.4 is 5.32 Å². The summed E-state index contributed by atoms with van der Waals surface area (Å²) >= 11 is 0. The van der Waals surface area contributed by atoms with Gasteiger partial charge in [0, 0.05) is 6.42 Å². The lowest BCUT2D eigenvalue weighted by molar-refractivity contribution is -0.359. The first-order valence-electron chi connectivity index (χ1n) is 34.2. The van der Waals surface area contributed by atoms with Crippen LogP contribution in [0.2, 0.25) is 0 Å². The average molecular weight is 1190 g/mol. The Balaban J connectivity index is 1.62. The highest BCUT2D eigenvalue weighted by Gasteiger charge is 2.51. The summed E-state index contributed by atoms with van der Waals surface area (Å²) in [5, 5.41) is 87.3. The van der Waals surface area contributed by atoms with Crippen LogP contribution in [-0.2, 0) is 23.7 Å². The molecule has 2 heterocycles. The summed E-state index contributed by atoms with van der Waals surface area (Å²) in [7, 11) is 0. The summed E-state index contributed by atoms with van der Waals surface area (Å²) in [4.78, 5) is 13.3. The Bertz CT molecular complexity index is 1690. The van der Waals surface area contributed by atoms with Crippen LogP contribution in [0.4, 0.5) is 0 Å². The number of aliphatic hydroxyl groups excluding tert-OH is 8. The molecule has 0 bridgehead atoms. The number of carbonyl (C=O) groups excluding carboxylic acids is 1. The van der Waals surface area contributed by atoms with Gasteiger partial charge in [-0.3, -0.25) is 4.79 Å². The van der Waals surface area contributed by atoms with Gasteiger partial charge < -0.3 is 65.1 Å². The minimum absolute atomic E-state index is 0.238. The van der Waals surface area contributed by atoms with Crippen molar-refractivity contribution in [2.24, 2.45) is 0 Å². The van der Waals surface area contributed by atoms with Crippen molar-refractivity contribution >= 4 is 5.91 Å². The van der Waals surface area contributed by atoms with Crippen LogP contribution in [-0.4, -0.2) is 140 Å². The number of hydrogen-bond acceptors (Lipinski definition) is 13. The summed E-state index contributed by atoms with van der Waals surface area (Å²) in [6.45, 7) is 2.70. The molecule has 0 radical (unpaired) electrons. The number of ether oxygens (including phenoxy) is 4. The number of hydrogen-bond donors (Lipinski definition) is 9. The predicted molar refractivity (Wildman–Crippen MR) is 341 cm³/mol. The lowest BCUT2D eigenvalue weighted by Gasteiger charge is -2.46. The van der Waals surface area contributed by atoms with Crippen LogP contribution in [0, 0.1) is 0 Å². The van der Waals surface area contributed by atoms with E-state index >= 15 is 0 Å². The summed E-state index contributed by atoms with van der Waals surface area (Å²) in [5.41, 5.74) is 0. The minimum atomic E-state index is -1.79. The summed E-state index contributed by atoms with van der Waals surface area (Å²) in [6.07, 6.45) is 56.7. The largest absolute Gasteiger partial charge is 0.394 e. The van der Waals surface area contributed by atoms with Gasteiger partial charge in [-0.1, -0.05) is 273 Å². The smallest absolute Gasteiger partial charge is 0.220 e. The van der Waals surface area contributed by atoms with Crippen molar-refractivity contribution in [3.05, 3.63) is 72.9 Å². The number of carbonyl (C=O) groups is 1. The predicted octanol–water partition coefficient (Wildman–Crippen LogP) is 13.5. The van der Waals surface area contributed by atoms with Crippen LogP contribution in [0.1, 0.15) is 271 Å². The van der Waals surface area contributed by atoms with Gasteiger partial charge in [-0.25, -0.2) is 0 Å². The lowest BCUT2D eigenvalue weighted by atomic mass is 9.97. The summed E-state index contributed by atoms with van der Waals surface area (Å²) in [6, 6.07) is -0.915. The molecular weight excluding hydrogens is 1060 g/mol. The summed E-state index contributed by atoms with van der Waals surface area (Å²) in [5.74, 6) is -0.238. The number of unbranched alkanes of at least 4 members (excludes halogenated alkanes) is 32. The molecule has 0 aliphatic carbocycles. The Morgan fingerprint density at radius 2 is 0.821 bits per heavy atom. The van der Waals surface area contributed by atoms with Gasteiger partial charge >= 0.3 is 0 Å². The fourth-order valence-electron chi connectivity index (χ4n) is 11.0. The van der Waals surface area contributed by atoms with E-state index in [1.165, 1.54) is 173 Å². The fraction of sp³-hybridized carbons (Fsp3) is 0.814. The van der Waals surface area contributed by atoms with Gasteiger partial charge in [-0.05, 0) is 64.2 Å². The maximum absolute atomic E-state index is 13.3. The van der Waals surface area contributed by atoms with Crippen molar-refractivity contribution in [2.75, 3.05) is 19.8 Å². The SMILES string of the molecule is CC/C=C\C/C=C\C/C=C\C/C=C\C/C=C\CCCCCCCCCCCCCCCCCCCCCC(=O)NC(COC1OC(CO)C(OC2OC(CO)C(O)C(O)C2O)C(O)C1O)C(O)/C=C/CCCCCCCCCCCCCCC. The number of aliphatic hydroxyl groups is 8. The van der Waals surface area contributed by atoms with Gasteiger partial charge in [-0.15, -0.1) is 0 Å². The zero-order valence-electron chi connectivity index (χ0n) is 52.9. The zero-order valence-corrected chi connectivity index (χ0v) is 52.9. The topological polar surface area (TPSA) is 228 Å². The first kappa shape index (κ1) is 77.5. The van der Waals surface area contributed by atoms with Gasteiger partial charge in [-0.2, -0.15) is 0 Å². The molecule has 0 aromatic carbocycles. The van der Waals surface area contributed by atoms with E-state index in [9.17, 15) is 45.6 Å². The van der Waals surface area contributed by atoms with E-state index in [2.05, 4.69) is 79.9 Å². The molecule has 2 aliphatic rings.